The third-order valence-electron chi connectivity index (χ3n) is 3.89. The van der Waals surface area contributed by atoms with Gasteiger partial charge in [-0.15, -0.1) is 0 Å². The van der Waals surface area contributed by atoms with Crippen molar-refractivity contribution >= 4 is 0 Å². The second-order valence-corrected chi connectivity index (χ2v) is 4.41. The molecule has 0 aromatic carbocycles. The maximum Gasteiger partial charge on any atom is 0.0701 e. The van der Waals surface area contributed by atoms with Gasteiger partial charge < -0.3 is 5.11 Å². The molecule has 1 N–H and O–H groups in total. The highest BCUT2D eigenvalue weighted by Crippen LogP contribution is 2.48. The molecule has 0 unspecified atom stereocenters. The first-order chi connectivity index (χ1) is 5.23. The minimum Gasteiger partial charge on any atom is -0.389 e. The quantitative estimate of drug-likeness (QED) is 0.568. The second-order valence-electron chi connectivity index (χ2n) is 4.41. The van der Waals surface area contributed by atoms with Crippen molar-refractivity contribution < 1.29 is 5.11 Å². The lowest BCUT2D eigenvalue weighted by molar-refractivity contribution is -0.0571. The minimum atomic E-state index is -0.252. The molecule has 0 amide bonds. The standard InChI is InChI=1S/C10H18O/c1-8-5-6-9-4-2-3-7-10(8,9)11/h8-9,11H,2-7H2,1H3/t8-,9+,10+/m0/s1. The summed E-state index contributed by atoms with van der Waals surface area (Å²) in [5.41, 5.74) is -0.252. The van der Waals surface area contributed by atoms with Crippen molar-refractivity contribution in [1.29, 1.82) is 0 Å². The number of fused-ring (bicyclic) bond motifs is 1. The van der Waals surface area contributed by atoms with E-state index in [0.29, 0.717) is 11.8 Å². The molecule has 0 aromatic rings. The summed E-state index contributed by atoms with van der Waals surface area (Å²) >= 11 is 0. The van der Waals surface area contributed by atoms with Gasteiger partial charge in [-0.3, -0.25) is 0 Å². The van der Waals surface area contributed by atoms with Crippen LogP contribution in [0, 0.1) is 11.8 Å². The molecule has 2 aliphatic carbocycles. The van der Waals surface area contributed by atoms with Crippen molar-refractivity contribution in [2.75, 3.05) is 0 Å². The van der Waals surface area contributed by atoms with Crippen LogP contribution in [0.15, 0.2) is 0 Å². The summed E-state index contributed by atoms with van der Waals surface area (Å²) in [5, 5.41) is 10.3. The summed E-state index contributed by atoms with van der Waals surface area (Å²) in [5.74, 6) is 1.21. The van der Waals surface area contributed by atoms with E-state index in [2.05, 4.69) is 6.92 Å². The molecule has 0 heterocycles. The summed E-state index contributed by atoms with van der Waals surface area (Å²) < 4.78 is 0. The summed E-state index contributed by atoms with van der Waals surface area (Å²) in [6.07, 6.45) is 7.47. The Kier molecular flexibility index (Phi) is 1.71. The number of hydrogen-bond donors (Lipinski definition) is 1. The molecule has 0 spiro atoms. The number of rotatable bonds is 0. The molecule has 0 radical (unpaired) electrons. The fraction of sp³-hybridized carbons (Fsp3) is 1.00. The van der Waals surface area contributed by atoms with Gasteiger partial charge in [0, 0.05) is 0 Å². The molecule has 3 atom stereocenters. The zero-order chi connectivity index (χ0) is 7.90. The molecular formula is C10H18O. The van der Waals surface area contributed by atoms with Crippen molar-refractivity contribution in [3.8, 4) is 0 Å². The highest BCUT2D eigenvalue weighted by atomic mass is 16.3. The van der Waals surface area contributed by atoms with Crippen molar-refractivity contribution in [3.63, 3.8) is 0 Å². The predicted octanol–water partition coefficient (Wildman–Crippen LogP) is 2.34. The van der Waals surface area contributed by atoms with E-state index in [9.17, 15) is 5.11 Å². The zero-order valence-corrected chi connectivity index (χ0v) is 7.34. The van der Waals surface area contributed by atoms with Gasteiger partial charge in [0.05, 0.1) is 5.60 Å². The molecule has 2 rings (SSSR count). The molecule has 0 bridgehead atoms. The molecule has 1 nitrogen and oxygen atoms in total. The Morgan fingerprint density at radius 2 is 2.00 bits per heavy atom. The van der Waals surface area contributed by atoms with E-state index in [1.54, 1.807) is 0 Å². The van der Waals surface area contributed by atoms with E-state index in [4.69, 9.17) is 0 Å². The average molecular weight is 154 g/mol. The normalized spacial score (nSPS) is 50.7. The Morgan fingerprint density at radius 1 is 1.18 bits per heavy atom. The van der Waals surface area contributed by atoms with Crippen LogP contribution in [0.4, 0.5) is 0 Å². The van der Waals surface area contributed by atoms with Crippen molar-refractivity contribution in [3.05, 3.63) is 0 Å². The largest absolute Gasteiger partial charge is 0.389 e. The molecular weight excluding hydrogens is 136 g/mol. The molecule has 0 aliphatic heterocycles. The van der Waals surface area contributed by atoms with Crippen LogP contribution >= 0.6 is 0 Å². The highest BCUT2D eigenvalue weighted by Gasteiger charge is 2.47. The Balaban J connectivity index is 2.16. The zero-order valence-electron chi connectivity index (χ0n) is 7.34. The maximum atomic E-state index is 10.3. The van der Waals surface area contributed by atoms with E-state index in [0.717, 1.165) is 6.42 Å². The van der Waals surface area contributed by atoms with Crippen LogP contribution in [-0.4, -0.2) is 10.7 Å². The van der Waals surface area contributed by atoms with E-state index >= 15 is 0 Å². The smallest absolute Gasteiger partial charge is 0.0701 e. The first-order valence-corrected chi connectivity index (χ1v) is 4.96. The average Bonchev–Trinajstić information content (AvgIpc) is 2.29. The fourth-order valence-corrected chi connectivity index (χ4v) is 3.00. The second kappa shape index (κ2) is 2.48. The van der Waals surface area contributed by atoms with Crippen LogP contribution in [0.25, 0.3) is 0 Å². The Bertz CT molecular complexity index is 153. The van der Waals surface area contributed by atoms with Gasteiger partial charge in [0.1, 0.15) is 0 Å². The van der Waals surface area contributed by atoms with Gasteiger partial charge in [-0.2, -0.15) is 0 Å². The van der Waals surface area contributed by atoms with Gasteiger partial charge in [0.2, 0.25) is 0 Å². The Hall–Kier alpha value is -0.0400. The topological polar surface area (TPSA) is 20.2 Å². The molecule has 11 heavy (non-hydrogen) atoms. The van der Waals surface area contributed by atoms with Crippen LogP contribution in [0.2, 0.25) is 0 Å². The lowest BCUT2D eigenvalue weighted by Gasteiger charge is -2.37. The maximum absolute atomic E-state index is 10.3. The number of aliphatic hydroxyl groups is 1. The van der Waals surface area contributed by atoms with E-state index < -0.39 is 0 Å². The lowest BCUT2D eigenvalue weighted by Crippen LogP contribution is -2.40. The van der Waals surface area contributed by atoms with Gasteiger partial charge in [-0.25, -0.2) is 0 Å². The third-order valence-corrected chi connectivity index (χ3v) is 3.89. The summed E-state index contributed by atoms with van der Waals surface area (Å²) in [6, 6.07) is 0. The molecule has 0 saturated heterocycles. The van der Waals surface area contributed by atoms with Gasteiger partial charge >= 0.3 is 0 Å². The highest BCUT2D eigenvalue weighted by molar-refractivity contribution is 4.98. The molecule has 2 aliphatic rings. The van der Waals surface area contributed by atoms with Crippen molar-refractivity contribution in [2.45, 2.75) is 51.0 Å². The minimum absolute atomic E-state index is 0.252. The fourth-order valence-electron chi connectivity index (χ4n) is 3.00. The van der Waals surface area contributed by atoms with Crippen LogP contribution < -0.4 is 0 Å². The van der Waals surface area contributed by atoms with E-state index in [1.807, 2.05) is 0 Å². The van der Waals surface area contributed by atoms with Crippen molar-refractivity contribution in [2.24, 2.45) is 11.8 Å². The van der Waals surface area contributed by atoms with Crippen LogP contribution in [-0.2, 0) is 0 Å². The van der Waals surface area contributed by atoms with Gasteiger partial charge in [0.15, 0.2) is 0 Å². The van der Waals surface area contributed by atoms with Gasteiger partial charge in [0.25, 0.3) is 0 Å². The molecule has 0 aromatic heterocycles. The van der Waals surface area contributed by atoms with Gasteiger partial charge in [-0.1, -0.05) is 19.8 Å². The monoisotopic (exact) mass is 154 g/mol. The lowest BCUT2D eigenvalue weighted by atomic mass is 9.74. The van der Waals surface area contributed by atoms with Gasteiger partial charge in [-0.05, 0) is 37.5 Å². The van der Waals surface area contributed by atoms with E-state index in [1.165, 1.54) is 32.1 Å². The third kappa shape index (κ3) is 1.01. The van der Waals surface area contributed by atoms with Crippen molar-refractivity contribution in [1.82, 2.24) is 0 Å². The first kappa shape index (κ1) is 7.60. The predicted molar refractivity (Wildman–Crippen MR) is 45.3 cm³/mol. The molecule has 2 saturated carbocycles. The van der Waals surface area contributed by atoms with E-state index in [-0.39, 0.29) is 5.60 Å². The molecule has 1 heteroatoms. The summed E-state index contributed by atoms with van der Waals surface area (Å²) in [7, 11) is 0. The molecule has 2 fully saturated rings. The Morgan fingerprint density at radius 3 is 2.73 bits per heavy atom. The summed E-state index contributed by atoms with van der Waals surface area (Å²) in [6.45, 7) is 2.21. The number of hydrogen-bond acceptors (Lipinski definition) is 1. The first-order valence-electron chi connectivity index (χ1n) is 4.96. The van der Waals surface area contributed by atoms with Crippen LogP contribution in [0.3, 0.4) is 0 Å². The Labute approximate surface area is 68.8 Å². The van der Waals surface area contributed by atoms with Crippen LogP contribution in [0.1, 0.15) is 45.4 Å². The summed E-state index contributed by atoms with van der Waals surface area (Å²) in [4.78, 5) is 0. The molecule has 64 valence electrons. The SMILES string of the molecule is C[C@H]1CC[C@H]2CCCC[C@]21O. The van der Waals surface area contributed by atoms with Crippen LogP contribution in [0.5, 0.6) is 0 Å².